The molecule has 3 aromatic rings. The number of aliphatic imine (C=N–C) groups is 1. The van der Waals surface area contributed by atoms with E-state index in [1.165, 1.54) is 57.4 Å². The third kappa shape index (κ3) is 23.4. The Kier molecular flexibility index (Phi) is 18.7. The maximum absolute atomic E-state index is 4.32. The van der Waals surface area contributed by atoms with Crippen LogP contribution in [-0.4, -0.2) is 11.2 Å². The first kappa shape index (κ1) is 43.5. The normalized spacial score (nSPS) is 14.6. The zero-order chi connectivity index (χ0) is 35.9. The number of hydrogen-bond donors (Lipinski definition) is 0. The fourth-order valence-electron chi connectivity index (χ4n) is 5.26. The second-order valence-electron chi connectivity index (χ2n) is 18.1. The molecule has 0 N–H and O–H groups in total. The molecule has 2 unspecified atom stereocenters. The van der Waals surface area contributed by atoms with Crippen molar-refractivity contribution in [1.82, 2.24) is 4.98 Å². The van der Waals surface area contributed by atoms with Gasteiger partial charge in [-0.15, -0.1) is 34.0 Å². The molecule has 4 heterocycles. The number of aryl methyl sites for hydroxylation is 2. The van der Waals surface area contributed by atoms with Crippen molar-refractivity contribution < 1.29 is 0 Å². The highest BCUT2D eigenvalue weighted by Gasteiger charge is 2.18. The zero-order valence-corrected chi connectivity index (χ0v) is 35.4. The molecule has 47 heavy (non-hydrogen) atoms. The molecule has 5 heteroatoms. The summed E-state index contributed by atoms with van der Waals surface area (Å²) in [5.41, 5.74) is 3.05. The van der Waals surface area contributed by atoms with Crippen LogP contribution in [0, 0.1) is 28.6 Å². The summed E-state index contributed by atoms with van der Waals surface area (Å²) < 4.78 is 0. The van der Waals surface area contributed by atoms with Gasteiger partial charge in [-0.25, -0.2) is 4.98 Å². The van der Waals surface area contributed by atoms with Gasteiger partial charge in [0.15, 0.2) is 0 Å². The molecule has 1 aliphatic rings. The van der Waals surface area contributed by atoms with Crippen LogP contribution in [0.4, 0.5) is 0 Å². The van der Waals surface area contributed by atoms with Crippen LogP contribution in [0.15, 0.2) is 58.0 Å². The van der Waals surface area contributed by atoms with Gasteiger partial charge in [0.05, 0.1) is 5.01 Å². The summed E-state index contributed by atoms with van der Waals surface area (Å²) in [4.78, 5) is 13.1. The molecule has 0 saturated carbocycles. The first-order valence-corrected chi connectivity index (χ1v) is 20.3. The molecule has 266 valence electrons. The molecule has 4 rings (SSSR count). The van der Waals surface area contributed by atoms with Crippen molar-refractivity contribution in [2.24, 2.45) is 26.7 Å². The van der Waals surface area contributed by atoms with Gasteiger partial charge in [-0.3, -0.25) is 4.99 Å². The van der Waals surface area contributed by atoms with E-state index in [4.69, 9.17) is 0 Å². The predicted octanol–water partition coefficient (Wildman–Crippen LogP) is 15.2. The number of rotatable bonds is 8. The van der Waals surface area contributed by atoms with E-state index in [-0.39, 0.29) is 0 Å². The molecule has 0 saturated heterocycles. The highest BCUT2D eigenvalue weighted by atomic mass is 32.1. The fraction of sp³-hybridized carbons (Fsp3) is 0.667. The summed E-state index contributed by atoms with van der Waals surface area (Å²) >= 11 is 5.56. The van der Waals surface area contributed by atoms with Crippen LogP contribution in [0.3, 0.4) is 0 Å². The number of thiophene rings is 2. The minimum atomic E-state index is 0.408. The van der Waals surface area contributed by atoms with Crippen molar-refractivity contribution in [3.05, 3.63) is 72.6 Å². The van der Waals surface area contributed by atoms with Crippen LogP contribution in [0.5, 0.6) is 0 Å². The molecule has 3 aromatic heterocycles. The van der Waals surface area contributed by atoms with Gasteiger partial charge in [0, 0.05) is 50.5 Å². The average molecular weight is 699 g/mol. The number of allylic oxidation sites excluding steroid dienone is 2. The first-order valence-electron chi connectivity index (χ1n) is 17.7. The van der Waals surface area contributed by atoms with Crippen LogP contribution in [-0.2, 0) is 6.42 Å². The summed E-state index contributed by atoms with van der Waals surface area (Å²) in [6, 6.07) is 8.84. The highest BCUT2D eigenvalue weighted by molar-refractivity contribution is 7.12. The van der Waals surface area contributed by atoms with Gasteiger partial charge in [0.1, 0.15) is 0 Å². The second-order valence-corrected chi connectivity index (χ2v) is 21.4. The first-order chi connectivity index (χ1) is 21.5. The van der Waals surface area contributed by atoms with Gasteiger partial charge in [0.2, 0.25) is 0 Å². The van der Waals surface area contributed by atoms with Crippen LogP contribution in [0.25, 0.3) is 0 Å². The topological polar surface area (TPSA) is 25.2 Å². The minimum Gasteiger partial charge on any atom is -0.266 e. The summed E-state index contributed by atoms with van der Waals surface area (Å²) in [7, 11) is 0. The van der Waals surface area contributed by atoms with Crippen molar-refractivity contribution in [2.75, 3.05) is 0 Å². The number of aromatic nitrogens is 1. The standard InChI is InChI=1S/C12H20S.C10H17NS.C10H17N.C10H16S/c1-9(8-12(3,4)5)11-7-6-10(2)13-11;1-8(7-10(2,3)4)9-11-5-6-12-9;2*1-10(2,3)7-6-9-5-4-8-11-9/h6-7,9H,8H2,1-5H3;5-6,8H,7H2,1-4H3;5,8H,4,6-7H2,1-3H3;4-5,8H,6-7H2,1-3H3. The van der Waals surface area contributed by atoms with Gasteiger partial charge < -0.3 is 0 Å². The predicted molar refractivity (Wildman–Crippen MR) is 218 cm³/mol. The molecule has 0 aromatic carbocycles. The van der Waals surface area contributed by atoms with E-state index in [2.05, 4.69) is 155 Å². The Morgan fingerprint density at radius 3 is 1.72 bits per heavy atom. The van der Waals surface area contributed by atoms with Crippen LogP contribution in [0.2, 0.25) is 0 Å². The van der Waals surface area contributed by atoms with Gasteiger partial charge in [0.25, 0.3) is 0 Å². The Balaban J connectivity index is 0.000000314. The molecule has 0 aliphatic carbocycles. The molecule has 2 atom stereocenters. The molecule has 2 nitrogen and oxygen atoms in total. The molecule has 0 spiro atoms. The Bertz CT molecular complexity index is 1270. The highest BCUT2D eigenvalue weighted by Crippen LogP contribution is 2.34. The number of hydrogen-bond acceptors (Lipinski definition) is 5. The van der Waals surface area contributed by atoms with Crippen LogP contribution < -0.4 is 0 Å². The lowest BCUT2D eigenvalue weighted by Crippen LogP contribution is -2.09. The van der Waals surface area contributed by atoms with E-state index in [9.17, 15) is 0 Å². The lowest BCUT2D eigenvalue weighted by molar-refractivity contribution is 0.348. The molecule has 0 fully saturated rings. The van der Waals surface area contributed by atoms with E-state index in [1.54, 1.807) is 11.3 Å². The third-order valence-corrected chi connectivity index (χ3v) is 10.7. The Hall–Kier alpha value is -1.56. The van der Waals surface area contributed by atoms with Crippen molar-refractivity contribution >= 4 is 40.2 Å². The second kappa shape index (κ2) is 20.2. The van der Waals surface area contributed by atoms with Gasteiger partial charge in [-0.2, -0.15) is 0 Å². The zero-order valence-electron chi connectivity index (χ0n) is 32.9. The van der Waals surface area contributed by atoms with E-state index >= 15 is 0 Å². The van der Waals surface area contributed by atoms with Gasteiger partial charge >= 0.3 is 0 Å². The quantitative estimate of drug-likeness (QED) is 0.230. The molecule has 0 bridgehead atoms. The van der Waals surface area contributed by atoms with E-state index in [0.29, 0.717) is 33.5 Å². The van der Waals surface area contributed by atoms with Crippen molar-refractivity contribution in [3.8, 4) is 0 Å². The Labute approximate surface area is 303 Å². The molecule has 1 aliphatic heterocycles. The van der Waals surface area contributed by atoms with E-state index < -0.39 is 0 Å². The Morgan fingerprint density at radius 1 is 0.702 bits per heavy atom. The summed E-state index contributed by atoms with van der Waals surface area (Å²) in [6.07, 6.45) is 14.5. The van der Waals surface area contributed by atoms with Crippen molar-refractivity contribution in [1.29, 1.82) is 0 Å². The van der Waals surface area contributed by atoms with E-state index in [1.807, 2.05) is 35.1 Å². The molecule has 0 radical (unpaired) electrons. The average Bonchev–Trinajstić information content (AvgIpc) is 3.72. The summed E-state index contributed by atoms with van der Waals surface area (Å²) in [6.45, 7) is 34.2. The van der Waals surface area contributed by atoms with Crippen LogP contribution in [0.1, 0.15) is 167 Å². The summed E-state index contributed by atoms with van der Waals surface area (Å²) in [5, 5.41) is 5.47. The smallest absolute Gasteiger partial charge is 0.0953 e. The minimum absolute atomic E-state index is 0.408. The maximum atomic E-state index is 4.32. The van der Waals surface area contributed by atoms with Crippen molar-refractivity contribution in [2.45, 2.75) is 161 Å². The largest absolute Gasteiger partial charge is 0.266 e. The lowest BCUT2D eigenvalue weighted by atomic mass is 9.85. The number of thiazole rings is 1. The lowest BCUT2D eigenvalue weighted by Gasteiger charge is -2.22. The van der Waals surface area contributed by atoms with Gasteiger partial charge in [-0.1, -0.05) is 109 Å². The SMILES string of the molecule is CC(C)(C)CCC1=CCC=N1.CC(C)(C)CCc1cccs1.CC(CC(C)(C)C)c1nccs1.Cc1ccc(C(C)CC(C)(C)C)s1. The fourth-order valence-corrected chi connectivity index (χ4v) is 7.59. The molecular weight excluding hydrogens is 629 g/mol. The monoisotopic (exact) mass is 698 g/mol. The maximum Gasteiger partial charge on any atom is 0.0953 e. The molecule has 0 amide bonds. The molecular formula is C42H70N2S3. The van der Waals surface area contributed by atoms with Crippen molar-refractivity contribution in [3.63, 3.8) is 0 Å². The van der Waals surface area contributed by atoms with Gasteiger partial charge in [-0.05, 0) is 96.6 Å². The summed E-state index contributed by atoms with van der Waals surface area (Å²) in [5.74, 6) is 1.31. The van der Waals surface area contributed by atoms with Crippen LogP contribution >= 0.6 is 34.0 Å². The Morgan fingerprint density at radius 2 is 1.30 bits per heavy atom. The third-order valence-electron chi connectivity index (χ3n) is 7.51. The van der Waals surface area contributed by atoms with E-state index in [0.717, 1.165) is 12.8 Å². The number of nitrogens with zero attached hydrogens (tertiary/aromatic N) is 2.